The molecule has 2 aromatic rings. The van der Waals surface area contributed by atoms with E-state index in [1.807, 2.05) is 17.5 Å². The van der Waals surface area contributed by atoms with Crippen LogP contribution in [0.3, 0.4) is 0 Å². The summed E-state index contributed by atoms with van der Waals surface area (Å²) in [5.41, 5.74) is 3.24. The molecule has 0 saturated carbocycles. The molecule has 0 unspecified atom stereocenters. The normalized spacial score (nSPS) is 16.3. The molecule has 0 spiro atoms. The number of aromatic nitrogens is 1. The van der Waals surface area contributed by atoms with E-state index in [1.165, 1.54) is 16.2 Å². The van der Waals surface area contributed by atoms with Crippen LogP contribution >= 0.6 is 11.3 Å². The van der Waals surface area contributed by atoms with Crippen LogP contribution in [0, 0.1) is 0 Å². The highest BCUT2D eigenvalue weighted by Gasteiger charge is 2.31. The number of urea groups is 1. The number of likely N-dealkylation sites (tertiary alicyclic amines) is 1. The molecule has 2 aliphatic rings. The Hall–Kier alpha value is -3.14. The minimum absolute atomic E-state index is 0.241. The van der Waals surface area contributed by atoms with E-state index in [0.29, 0.717) is 57.3 Å². The van der Waals surface area contributed by atoms with E-state index < -0.39 is 11.8 Å². The lowest BCUT2D eigenvalue weighted by Gasteiger charge is -2.34. The fourth-order valence-corrected chi connectivity index (χ4v) is 4.18. The number of anilines is 1. The van der Waals surface area contributed by atoms with Crippen LogP contribution in [0.4, 0.5) is 10.5 Å². The second kappa shape index (κ2) is 9.78. The zero-order chi connectivity index (χ0) is 21.6. The number of rotatable bonds is 4. The average Bonchev–Trinajstić information content (AvgIpc) is 3.51. The van der Waals surface area contributed by atoms with Crippen molar-refractivity contribution < 1.29 is 19.1 Å². The highest BCUT2D eigenvalue weighted by Crippen LogP contribution is 2.19. The standard InChI is InChI=1S/C21H25N5O4S/c27-19(24-6-1-2-7-24)20(28)25-8-10-26(11-9-25)21(29)23-16-4-3-5-18(12-16)30-13-17-14-31-15-22-17/h3-5,12,14-15H,1-2,6-11,13H2,(H,23,29). The second-order valence-electron chi connectivity index (χ2n) is 7.50. The van der Waals surface area contributed by atoms with Crippen molar-refractivity contribution in [2.24, 2.45) is 0 Å². The van der Waals surface area contributed by atoms with E-state index in [0.717, 1.165) is 18.5 Å². The first kappa shape index (κ1) is 21.1. The molecule has 2 saturated heterocycles. The Morgan fingerprint density at radius 3 is 2.32 bits per heavy atom. The summed E-state index contributed by atoms with van der Waals surface area (Å²) in [6.45, 7) is 3.13. The Morgan fingerprint density at radius 1 is 0.968 bits per heavy atom. The summed E-state index contributed by atoms with van der Waals surface area (Å²) in [7, 11) is 0. The molecule has 9 nitrogen and oxygen atoms in total. The van der Waals surface area contributed by atoms with Crippen molar-refractivity contribution in [2.45, 2.75) is 19.4 Å². The van der Waals surface area contributed by atoms with Crippen molar-refractivity contribution in [2.75, 3.05) is 44.6 Å². The van der Waals surface area contributed by atoms with E-state index in [4.69, 9.17) is 4.74 Å². The van der Waals surface area contributed by atoms with Gasteiger partial charge >= 0.3 is 17.8 Å². The van der Waals surface area contributed by atoms with Gasteiger partial charge in [-0.3, -0.25) is 9.59 Å². The van der Waals surface area contributed by atoms with E-state index in [-0.39, 0.29) is 6.03 Å². The van der Waals surface area contributed by atoms with Crippen LogP contribution in [-0.4, -0.2) is 76.8 Å². The number of amides is 4. The summed E-state index contributed by atoms with van der Waals surface area (Å²) in [6.07, 6.45) is 1.90. The molecule has 31 heavy (non-hydrogen) atoms. The lowest BCUT2D eigenvalue weighted by molar-refractivity contribution is -0.152. The Bertz CT molecular complexity index is 922. The maximum atomic E-state index is 12.6. The largest absolute Gasteiger partial charge is 0.487 e. The van der Waals surface area contributed by atoms with Crippen molar-refractivity contribution in [3.63, 3.8) is 0 Å². The van der Waals surface area contributed by atoms with Crippen LogP contribution in [0.15, 0.2) is 35.2 Å². The van der Waals surface area contributed by atoms with Crippen molar-refractivity contribution in [1.29, 1.82) is 0 Å². The van der Waals surface area contributed by atoms with E-state index in [9.17, 15) is 14.4 Å². The molecule has 4 amide bonds. The number of thiazole rings is 1. The topological polar surface area (TPSA) is 95.1 Å². The van der Waals surface area contributed by atoms with Gasteiger partial charge in [-0.1, -0.05) is 6.07 Å². The number of piperazine rings is 1. The van der Waals surface area contributed by atoms with Gasteiger partial charge in [0.15, 0.2) is 0 Å². The first-order valence-electron chi connectivity index (χ1n) is 10.3. The summed E-state index contributed by atoms with van der Waals surface area (Å²) >= 11 is 1.51. The third kappa shape index (κ3) is 5.32. The van der Waals surface area contributed by atoms with Gasteiger partial charge in [0.2, 0.25) is 0 Å². The molecule has 1 aromatic carbocycles. The van der Waals surface area contributed by atoms with Crippen LogP contribution in [0.25, 0.3) is 0 Å². The maximum Gasteiger partial charge on any atom is 0.321 e. The third-order valence-electron chi connectivity index (χ3n) is 5.39. The fourth-order valence-electron chi connectivity index (χ4n) is 3.64. The SMILES string of the molecule is O=C(Nc1cccc(OCc2cscn2)c1)N1CCN(C(=O)C(=O)N2CCCC2)CC1. The van der Waals surface area contributed by atoms with Crippen LogP contribution < -0.4 is 10.1 Å². The Labute approximate surface area is 184 Å². The monoisotopic (exact) mass is 443 g/mol. The molecular weight excluding hydrogens is 418 g/mol. The Kier molecular flexibility index (Phi) is 6.66. The molecule has 1 N–H and O–H groups in total. The zero-order valence-electron chi connectivity index (χ0n) is 17.2. The molecule has 164 valence electrons. The first-order chi connectivity index (χ1) is 15.1. The highest BCUT2D eigenvalue weighted by atomic mass is 32.1. The summed E-state index contributed by atoms with van der Waals surface area (Å²) in [5, 5.41) is 4.80. The number of nitrogens with one attached hydrogen (secondary N) is 1. The van der Waals surface area contributed by atoms with E-state index in [2.05, 4.69) is 10.3 Å². The van der Waals surface area contributed by atoms with Gasteiger partial charge in [-0.15, -0.1) is 11.3 Å². The second-order valence-corrected chi connectivity index (χ2v) is 8.22. The van der Waals surface area contributed by atoms with Gasteiger partial charge in [0, 0.05) is 56.4 Å². The number of nitrogens with zero attached hydrogens (tertiary/aromatic N) is 4. The van der Waals surface area contributed by atoms with Crippen LogP contribution in [0.5, 0.6) is 5.75 Å². The molecule has 10 heteroatoms. The van der Waals surface area contributed by atoms with Gasteiger partial charge in [-0.2, -0.15) is 0 Å². The predicted molar refractivity (Wildman–Crippen MR) is 116 cm³/mol. The highest BCUT2D eigenvalue weighted by molar-refractivity contribution is 7.07. The van der Waals surface area contributed by atoms with E-state index in [1.54, 1.807) is 27.4 Å². The quantitative estimate of drug-likeness (QED) is 0.730. The van der Waals surface area contributed by atoms with Gasteiger partial charge in [-0.25, -0.2) is 9.78 Å². The van der Waals surface area contributed by atoms with Gasteiger partial charge in [-0.05, 0) is 25.0 Å². The summed E-state index contributed by atoms with van der Waals surface area (Å²) < 4.78 is 5.72. The number of hydrogen-bond donors (Lipinski definition) is 1. The molecule has 0 aliphatic carbocycles. The van der Waals surface area contributed by atoms with Gasteiger partial charge in [0.05, 0.1) is 11.2 Å². The minimum atomic E-state index is -0.466. The molecule has 0 atom stereocenters. The number of hydrogen-bond acceptors (Lipinski definition) is 6. The van der Waals surface area contributed by atoms with Crippen LogP contribution in [0.2, 0.25) is 0 Å². The molecule has 3 heterocycles. The van der Waals surface area contributed by atoms with Crippen molar-refractivity contribution in [3.05, 3.63) is 40.8 Å². The molecule has 2 fully saturated rings. The van der Waals surface area contributed by atoms with Gasteiger partial charge in [0.1, 0.15) is 12.4 Å². The lowest BCUT2D eigenvalue weighted by atomic mass is 10.3. The fraction of sp³-hybridized carbons (Fsp3) is 0.429. The van der Waals surface area contributed by atoms with Crippen molar-refractivity contribution in [1.82, 2.24) is 19.7 Å². The summed E-state index contributed by atoms with van der Waals surface area (Å²) in [6, 6.07) is 6.95. The lowest BCUT2D eigenvalue weighted by Crippen LogP contribution is -2.54. The first-order valence-corrected chi connectivity index (χ1v) is 11.3. The number of carbonyl (C=O) groups is 3. The van der Waals surface area contributed by atoms with Crippen molar-refractivity contribution >= 4 is 34.9 Å². The molecule has 0 bridgehead atoms. The van der Waals surface area contributed by atoms with E-state index >= 15 is 0 Å². The Balaban J connectivity index is 1.25. The molecule has 1 aromatic heterocycles. The summed E-state index contributed by atoms with van der Waals surface area (Å²) in [4.78, 5) is 46.3. The number of ether oxygens (including phenoxy) is 1. The van der Waals surface area contributed by atoms with Gasteiger partial charge < -0.3 is 24.8 Å². The molecular formula is C21H25N5O4S. The minimum Gasteiger partial charge on any atom is -0.487 e. The van der Waals surface area contributed by atoms with Crippen molar-refractivity contribution in [3.8, 4) is 5.75 Å². The molecule has 2 aliphatic heterocycles. The smallest absolute Gasteiger partial charge is 0.321 e. The molecule has 4 rings (SSSR count). The summed E-state index contributed by atoms with van der Waals surface area (Å²) in [5.74, 6) is -0.251. The van der Waals surface area contributed by atoms with Gasteiger partial charge in [0.25, 0.3) is 0 Å². The third-order valence-corrected chi connectivity index (χ3v) is 6.02. The molecule has 0 radical (unpaired) electrons. The maximum absolute atomic E-state index is 12.6. The number of carbonyl (C=O) groups excluding carboxylic acids is 3. The number of benzene rings is 1. The Morgan fingerprint density at radius 2 is 1.65 bits per heavy atom. The predicted octanol–water partition coefficient (Wildman–Crippen LogP) is 2.02. The van der Waals surface area contributed by atoms with Crippen LogP contribution in [0.1, 0.15) is 18.5 Å². The average molecular weight is 444 g/mol. The zero-order valence-corrected chi connectivity index (χ0v) is 18.0. The van der Waals surface area contributed by atoms with Crippen LogP contribution in [-0.2, 0) is 16.2 Å².